The van der Waals surface area contributed by atoms with E-state index in [1.165, 1.54) is 0 Å². The Hall–Kier alpha value is 0.0569. The molecule has 4 nitrogen and oxygen atoms in total. The summed E-state index contributed by atoms with van der Waals surface area (Å²) in [6, 6.07) is 0. The summed E-state index contributed by atoms with van der Waals surface area (Å²) < 4.78 is 11.8. The third-order valence-corrected chi connectivity index (χ3v) is 11.2. The van der Waals surface area contributed by atoms with Gasteiger partial charge in [0, 0.05) is 5.92 Å². The van der Waals surface area contributed by atoms with E-state index in [9.17, 15) is 10.2 Å². The van der Waals surface area contributed by atoms with Crippen LogP contribution in [-0.4, -0.2) is 50.1 Å². The second kappa shape index (κ2) is 7.55. The molecule has 0 aromatic carbocycles. The SMILES string of the molecule is CC(C)[Si](OC[C@@H](O)[C@@H](CO)[C@@H]1O[C@@H]1C)(C(C)C)C(C)C. The van der Waals surface area contributed by atoms with Gasteiger partial charge in [-0.3, -0.25) is 0 Å². The highest BCUT2D eigenvalue weighted by Gasteiger charge is 2.48. The predicted molar refractivity (Wildman–Crippen MR) is 87.9 cm³/mol. The molecule has 1 rings (SSSR count). The maximum Gasteiger partial charge on any atom is 0.200 e. The highest BCUT2D eigenvalue weighted by Crippen LogP contribution is 2.42. The first-order valence-electron chi connectivity index (χ1n) is 8.26. The van der Waals surface area contributed by atoms with Gasteiger partial charge in [0.2, 0.25) is 0 Å². The number of aliphatic hydroxyl groups is 2. The summed E-state index contributed by atoms with van der Waals surface area (Å²) in [5.74, 6) is -0.238. The van der Waals surface area contributed by atoms with Crippen molar-refractivity contribution < 1.29 is 19.4 Å². The Morgan fingerprint density at radius 1 is 1.05 bits per heavy atom. The summed E-state index contributed by atoms with van der Waals surface area (Å²) >= 11 is 0. The topological polar surface area (TPSA) is 62.2 Å². The van der Waals surface area contributed by atoms with Crippen LogP contribution in [0.15, 0.2) is 0 Å². The van der Waals surface area contributed by atoms with Gasteiger partial charge < -0.3 is 19.4 Å². The fourth-order valence-electron chi connectivity index (χ4n) is 3.95. The van der Waals surface area contributed by atoms with Gasteiger partial charge in [-0.1, -0.05) is 41.5 Å². The molecule has 0 bridgehead atoms. The molecule has 0 spiro atoms. The van der Waals surface area contributed by atoms with Crippen molar-refractivity contribution in [3.63, 3.8) is 0 Å². The second-order valence-corrected chi connectivity index (χ2v) is 12.8. The summed E-state index contributed by atoms with van der Waals surface area (Å²) in [6.07, 6.45) is -0.547. The van der Waals surface area contributed by atoms with E-state index < -0.39 is 14.4 Å². The number of rotatable bonds is 9. The molecule has 1 aliphatic heterocycles. The highest BCUT2D eigenvalue weighted by atomic mass is 28.4. The van der Waals surface area contributed by atoms with E-state index in [1.807, 2.05) is 6.92 Å². The highest BCUT2D eigenvalue weighted by molar-refractivity contribution is 6.77. The Balaban J connectivity index is 2.72. The third kappa shape index (κ3) is 4.08. The van der Waals surface area contributed by atoms with Crippen molar-refractivity contribution in [3.8, 4) is 0 Å². The van der Waals surface area contributed by atoms with E-state index in [-0.39, 0.29) is 24.7 Å². The zero-order chi connectivity index (χ0) is 16.4. The third-order valence-electron chi connectivity index (χ3n) is 5.10. The Morgan fingerprint density at radius 2 is 1.48 bits per heavy atom. The van der Waals surface area contributed by atoms with Crippen LogP contribution in [0.2, 0.25) is 16.6 Å². The standard InChI is InChI=1S/C16H34O4Si/c1-10(2)21(11(3)4,12(5)6)19-9-15(18)14(8-17)16-13(7)20-16/h10-18H,8-9H2,1-7H3/t13-,14-,15-,16-/m1/s1. The van der Waals surface area contributed by atoms with E-state index in [0.717, 1.165) is 0 Å². The van der Waals surface area contributed by atoms with E-state index in [0.29, 0.717) is 23.2 Å². The minimum atomic E-state index is -1.96. The van der Waals surface area contributed by atoms with Crippen LogP contribution in [0.25, 0.3) is 0 Å². The van der Waals surface area contributed by atoms with Gasteiger partial charge in [0.1, 0.15) is 0 Å². The van der Waals surface area contributed by atoms with Crippen LogP contribution < -0.4 is 0 Å². The van der Waals surface area contributed by atoms with Gasteiger partial charge in [-0.05, 0) is 23.5 Å². The minimum absolute atomic E-state index is 0.0261. The first-order chi connectivity index (χ1) is 9.68. The summed E-state index contributed by atoms with van der Waals surface area (Å²) in [5.41, 5.74) is 1.48. The van der Waals surface area contributed by atoms with Crippen LogP contribution in [0.5, 0.6) is 0 Å². The lowest BCUT2D eigenvalue weighted by Gasteiger charge is -2.43. The number of epoxide rings is 1. The molecule has 0 aromatic heterocycles. The summed E-state index contributed by atoms with van der Waals surface area (Å²) in [5, 5.41) is 19.9. The molecule has 126 valence electrons. The van der Waals surface area contributed by atoms with Crippen LogP contribution >= 0.6 is 0 Å². The van der Waals surface area contributed by atoms with E-state index >= 15 is 0 Å². The molecule has 1 heterocycles. The van der Waals surface area contributed by atoms with Crippen LogP contribution in [0.3, 0.4) is 0 Å². The molecular weight excluding hydrogens is 284 g/mol. The smallest absolute Gasteiger partial charge is 0.200 e. The van der Waals surface area contributed by atoms with E-state index in [1.54, 1.807) is 0 Å². The van der Waals surface area contributed by atoms with Gasteiger partial charge in [0.05, 0.1) is 31.5 Å². The normalized spacial score (nSPS) is 25.7. The minimum Gasteiger partial charge on any atom is -0.413 e. The van der Waals surface area contributed by atoms with E-state index in [4.69, 9.17) is 9.16 Å². The lowest BCUT2D eigenvalue weighted by atomic mass is 9.98. The second-order valence-electron chi connectivity index (χ2n) is 7.35. The molecule has 1 saturated heterocycles. The number of hydrogen-bond acceptors (Lipinski definition) is 4. The van der Waals surface area contributed by atoms with Crippen LogP contribution in [0.4, 0.5) is 0 Å². The molecule has 0 saturated carbocycles. The summed E-state index contributed by atoms with van der Waals surface area (Å²) in [7, 11) is -1.96. The van der Waals surface area contributed by atoms with Crippen molar-refractivity contribution in [3.05, 3.63) is 0 Å². The average molecular weight is 319 g/mol. The molecule has 0 aromatic rings. The fraction of sp³-hybridized carbons (Fsp3) is 1.00. The van der Waals surface area contributed by atoms with E-state index in [2.05, 4.69) is 41.5 Å². The van der Waals surface area contributed by atoms with Crippen molar-refractivity contribution in [1.82, 2.24) is 0 Å². The van der Waals surface area contributed by atoms with Crippen molar-refractivity contribution in [2.45, 2.75) is 83.4 Å². The molecule has 0 amide bonds. The molecular formula is C16H34O4Si. The van der Waals surface area contributed by atoms with Gasteiger partial charge in [0.15, 0.2) is 8.32 Å². The Kier molecular flexibility index (Phi) is 6.87. The Labute approximate surface area is 131 Å². The Morgan fingerprint density at radius 3 is 1.76 bits per heavy atom. The molecule has 5 heteroatoms. The average Bonchev–Trinajstić information content (AvgIpc) is 3.06. The van der Waals surface area contributed by atoms with Crippen molar-refractivity contribution in [2.24, 2.45) is 5.92 Å². The molecule has 4 atom stereocenters. The predicted octanol–water partition coefficient (Wildman–Crippen LogP) is 2.94. The maximum absolute atomic E-state index is 10.4. The van der Waals surface area contributed by atoms with Gasteiger partial charge >= 0.3 is 0 Å². The zero-order valence-corrected chi connectivity index (χ0v) is 15.7. The molecule has 1 fully saturated rings. The van der Waals surface area contributed by atoms with Gasteiger partial charge in [-0.25, -0.2) is 0 Å². The summed E-state index contributed by atoms with van der Waals surface area (Å²) in [4.78, 5) is 0. The molecule has 0 unspecified atom stereocenters. The van der Waals surface area contributed by atoms with Gasteiger partial charge in [0.25, 0.3) is 0 Å². The molecule has 1 aliphatic rings. The molecule has 0 aliphatic carbocycles. The molecule has 2 N–H and O–H groups in total. The molecule has 21 heavy (non-hydrogen) atoms. The van der Waals surface area contributed by atoms with Gasteiger partial charge in [-0.15, -0.1) is 0 Å². The summed E-state index contributed by atoms with van der Waals surface area (Å²) in [6.45, 7) is 15.6. The number of ether oxygens (including phenoxy) is 1. The fourth-order valence-corrected chi connectivity index (χ4v) is 9.41. The first-order valence-corrected chi connectivity index (χ1v) is 10.4. The molecule has 0 radical (unpaired) electrons. The number of aliphatic hydroxyl groups excluding tert-OH is 2. The number of hydrogen-bond donors (Lipinski definition) is 2. The largest absolute Gasteiger partial charge is 0.413 e. The van der Waals surface area contributed by atoms with Crippen LogP contribution in [0, 0.1) is 5.92 Å². The Bertz CT molecular complexity index is 298. The lowest BCUT2D eigenvalue weighted by Crippen LogP contribution is -2.50. The van der Waals surface area contributed by atoms with Crippen molar-refractivity contribution >= 4 is 8.32 Å². The van der Waals surface area contributed by atoms with Crippen LogP contribution in [0.1, 0.15) is 48.5 Å². The monoisotopic (exact) mass is 318 g/mol. The van der Waals surface area contributed by atoms with Crippen molar-refractivity contribution in [2.75, 3.05) is 13.2 Å². The quantitative estimate of drug-likeness (QED) is 0.507. The van der Waals surface area contributed by atoms with Gasteiger partial charge in [-0.2, -0.15) is 0 Å². The maximum atomic E-state index is 10.4. The lowest BCUT2D eigenvalue weighted by molar-refractivity contribution is 0.0134. The van der Waals surface area contributed by atoms with Crippen LogP contribution in [-0.2, 0) is 9.16 Å². The zero-order valence-electron chi connectivity index (χ0n) is 14.7. The van der Waals surface area contributed by atoms with Crippen molar-refractivity contribution in [1.29, 1.82) is 0 Å². The first kappa shape index (κ1) is 19.1.